The number of ether oxygens (including phenoxy) is 1. The van der Waals surface area contributed by atoms with Crippen LogP contribution in [0, 0.1) is 22.0 Å². The van der Waals surface area contributed by atoms with Crippen molar-refractivity contribution in [3.63, 3.8) is 0 Å². The Morgan fingerprint density at radius 1 is 1.23 bits per heavy atom. The van der Waals surface area contributed by atoms with Crippen LogP contribution in [0.4, 0.5) is 5.69 Å². The molecule has 0 unspecified atom stereocenters. The Hall–Kier alpha value is -2.68. The molecule has 0 saturated heterocycles. The summed E-state index contributed by atoms with van der Waals surface area (Å²) in [6.45, 7) is 5.17. The average molecular weight is 454 g/mol. The van der Waals surface area contributed by atoms with Gasteiger partial charge in [0.2, 0.25) is 0 Å². The van der Waals surface area contributed by atoms with Gasteiger partial charge in [-0.3, -0.25) is 19.7 Å². The molecular formula is C21H28ClN3O6. The maximum Gasteiger partial charge on any atom is 0.329 e. The molecule has 1 aromatic rings. The van der Waals surface area contributed by atoms with Gasteiger partial charge < -0.3 is 15.4 Å². The van der Waals surface area contributed by atoms with Crippen LogP contribution in [0.3, 0.4) is 0 Å². The van der Waals surface area contributed by atoms with E-state index in [0.717, 1.165) is 31.7 Å². The van der Waals surface area contributed by atoms with Gasteiger partial charge in [-0.1, -0.05) is 32.4 Å². The van der Waals surface area contributed by atoms with Gasteiger partial charge in [0.1, 0.15) is 11.1 Å². The van der Waals surface area contributed by atoms with Gasteiger partial charge in [0.15, 0.2) is 6.61 Å². The second kappa shape index (κ2) is 11.1. The van der Waals surface area contributed by atoms with Crippen LogP contribution in [-0.2, 0) is 14.3 Å². The first-order chi connectivity index (χ1) is 14.6. The van der Waals surface area contributed by atoms with Crippen molar-refractivity contribution in [2.75, 3.05) is 6.61 Å². The monoisotopic (exact) mass is 453 g/mol. The molecule has 1 fully saturated rings. The van der Waals surface area contributed by atoms with E-state index >= 15 is 0 Å². The second-order valence-corrected chi connectivity index (χ2v) is 8.66. The summed E-state index contributed by atoms with van der Waals surface area (Å²) in [4.78, 5) is 47.4. The van der Waals surface area contributed by atoms with Crippen LogP contribution in [0.5, 0.6) is 0 Å². The smallest absolute Gasteiger partial charge is 0.329 e. The van der Waals surface area contributed by atoms with Crippen LogP contribution in [0.25, 0.3) is 0 Å². The predicted octanol–water partition coefficient (Wildman–Crippen LogP) is 3.24. The predicted molar refractivity (Wildman–Crippen MR) is 115 cm³/mol. The number of carbonyl (C=O) groups is 3. The van der Waals surface area contributed by atoms with Crippen LogP contribution < -0.4 is 10.6 Å². The van der Waals surface area contributed by atoms with Crippen LogP contribution in [0.2, 0.25) is 5.02 Å². The SMILES string of the molecule is CC1CCC(NC(=O)COC(=O)[C@@H](NC(=O)c2ccc(Cl)c([N+](=O)[O-])c2)C(C)C)CC1. The molecule has 0 bridgehead atoms. The van der Waals surface area contributed by atoms with Gasteiger partial charge in [-0.15, -0.1) is 0 Å². The van der Waals surface area contributed by atoms with Gasteiger partial charge in [-0.25, -0.2) is 4.79 Å². The Bertz CT molecular complexity index is 836. The van der Waals surface area contributed by atoms with Crippen molar-refractivity contribution in [1.82, 2.24) is 10.6 Å². The van der Waals surface area contributed by atoms with Gasteiger partial charge in [0, 0.05) is 17.7 Å². The molecule has 0 aliphatic heterocycles. The quantitative estimate of drug-likeness (QED) is 0.353. The van der Waals surface area contributed by atoms with E-state index in [2.05, 4.69) is 17.6 Å². The van der Waals surface area contributed by atoms with Gasteiger partial charge >= 0.3 is 5.97 Å². The molecule has 1 aromatic carbocycles. The van der Waals surface area contributed by atoms with E-state index in [0.29, 0.717) is 5.92 Å². The fraction of sp³-hybridized carbons (Fsp3) is 0.571. The molecule has 2 N–H and O–H groups in total. The minimum atomic E-state index is -1.02. The van der Waals surface area contributed by atoms with Crippen LogP contribution in [-0.4, -0.2) is 41.4 Å². The number of amides is 2. The number of carbonyl (C=O) groups excluding carboxylic acids is 3. The molecule has 2 amide bonds. The first-order valence-electron chi connectivity index (χ1n) is 10.3. The maximum absolute atomic E-state index is 12.5. The van der Waals surface area contributed by atoms with Crippen molar-refractivity contribution in [2.24, 2.45) is 11.8 Å². The third-order valence-corrected chi connectivity index (χ3v) is 5.66. The number of nitro benzene ring substituents is 1. The highest BCUT2D eigenvalue weighted by molar-refractivity contribution is 6.32. The number of benzene rings is 1. The van der Waals surface area contributed by atoms with Gasteiger partial charge in [-0.2, -0.15) is 0 Å². The standard InChI is InChI=1S/C21H28ClN3O6/c1-12(2)19(24-20(27)14-6-9-16(22)17(10-14)25(29)30)21(28)31-11-18(26)23-15-7-4-13(3)5-8-15/h6,9-10,12-13,15,19H,4-5,7-8,11H2,1-3H3,(H,23,26)(H,24,27)/t13?,15?,19-/m0/s1. The molecule has 0 radical (unpaired) electrons. The van der Waals surface area contributed by atoms with Crippen LogP contribution in [0.1, 0.15) is 56.8 Å². The number of nitrogens with one attached hydrogen (secondary N) is 2. The Morgan fingerprint density at radius 2 is 1.87 bits per heavy atom. The van der Waals surface area contributed by atoms with Crippen molar-refractivity contribution in [3.8, 4) is 0 Å². The Balaban J connectivity index is 1.93. The summed E-state index contributed by atoms with van der Waals surface area (Å²) in [6.07, 6.45) is 3.90. The highest BCUT2D eigenvalue weighted by atomic mass is 35.5. The molecule has 31 heavy (non-hydrogen) atoms. The number of halogens is 1. The fourth-order valence-electron chi connectivity index (χ4n) is 3.42. The van der Waals surface area contributed by atoms with Crippen molar-refractivity contribution >= 4 is 35.1 Å². The van der Waals surface area contributed by atoms with Crippen LogP contribution >= 0.6 is 11.6 Å². The molecule has 0 aromatic heterocycles. The molecule has 1 atom stereocenters. The largest absolute Gasteiger partial charge is 0.454 e. The maximum atomic E-state index is 12.5. The molecular weight excluding hydrogens is 426 g/mol. The van der Waals surface area contributed by atoms with E-state index in [4.69, 9.17) is 16.3 Å². The molecule has 10 heteroatoms. The molecule has 0 heterocycles. The molecule has 9 nitrogen and oxygen atoms in total. The van der Waals surface area contributed by atoms with Gasteiger partial charge in [0.05, 0.1) is 4.92 Å². The number of nitro groups is 1. The van der Waals surface area contributed by atoms with E-state index in [1.807, 2.05) is 0 Å². The number of rotatable bonds is 8. The van der Waals surface area contributed by atoms with E-state index in [9.17, 15) is 24.5 Å². The zero-order valence-electron chi connectivity index (χ0n) is 17.9. The minimum absolute atomic E-state index is 0.0150. The second-order valence-electron chi connectivity index (χ2n) is 8.25. The minimum Gasteiger partial charge on any atom is -0.454 e. The van der Waals surface area contributed by atoms with Crippen LogP contribution in [0.15, 0.2) is 18.2 Å². The zero-order chi connectivity index (χ0) is 23.1. The van der Waals surface area contributed by atoms with Gasteiger partial charge in [-0.05, 0) is 49.7 Å². The summed E-state index contributed by atoms with van der Waals surface area (Å²) in [5.41, 5.74) is -0.425. The third kappa shape index (κ3) is 7.20. The molecule has 1 aliphatic carbocycles. The molecule has 0 spiro atoms. The summed E-state index contributed by atoms with van der Waals surface area (Å²) in [6, 6.07) is 2.67. The normalized spacial score (nSPS) is 19.4. The van der Waals surface area contributed by atoms with Crippen molar-refractivity contribution in [3.05, 3.63) is 38.9 Å². The van der Waals surface area contributed by atoms with Crippen molar-refractivity contribution < 1.29 is 24.0 Å². The highest BCUT2D eigenvalue weighted by Crippen LogP contribution is 2.25. The topological polar surface area (TPSA) is 128 Å². The summed E-state index contributed by atoms with van der Waals surface area (Å²) < 4.78 is 5.11. The third-order valence-electron chi connectivity index (χ3n) is 5.34. The summed E-state index contributed by atoms with van der Waals surface area (Å²) in [7, 11) is 0. The number of nitrogens with zero attached hydrogens (tertiary/aromatic N) is 1. The molecule has 2 rings (SSSR count). The number of esters is 1. The number of hydrogen-bond acceptors (Lipinski definition) is 6. The van der Waals surface area contributed by atoms with E-state index in [-0.39, 0.29) is 28.5 Å². The zero-order valence-corrected chi connectivity index (χ0v) is 18.6. The molecule has 1 aliphatic rings. The lowest BCUT2D eigenvalue weighted by molar-refractivity contribution is -0.384. The fourth-order valence-corrected chi connectivity index (χ4v) is 3.60. The highest BCUT2D eigenvalue weighted by Gasteiger charge is 2.28. The Morgan fingerprint density at radius 3 is 2.45 bits per heavy atom. The molecule has 1 saturated carbocycles. The lowest BCUT2D eigenvalue weighted by Gasteiger charge is -2.27. The summed E-state index contributed by atoms with van der Waals surface area (Å²) >= 11 is 5.76. The molecule has 170 valence electrons. The first-order valence-corrected chi connectivity index (χ1v) is 10.7. The summed E-state index contributed by atoms with van der Waals surface area (Å²) in [5, 5.41) is 16.3. The van der Waals surface area contributed by atoms with Gasteiger partial charge in [0.25, 0.3) is 17.5 Å². The van der Waals surface area contributed by atoms with Crippen molar-refractivity contribution in [1.29, 1.82) is 0 Å². The first kappa shape index (κ1) is 24.6. The van der Waals surface area contributed by atoms with E-state index in [1.165, 1.54) is 12.1 Å². The summed E-state index contributed by atoms with van der Waals surface area (Å²) in [5.74, 6) is -1.49. The lowest BCUT2D eigenvalue weighted by Crippen LogP contribution is -2.46. The Labute approximate surface area is 186 Å². The van der Waals surface area contributed by atoms with Crippen molar-refractivity contribution in [2.45, 2.75) is 58.5 Å². The van der Waals surface area contributed by atoms with E-state index in [1.54, 1.807) is 13.8 Å². The average Bonchev–Trinajstić information content (AvgIpc) is 2.71. The number of hydrogen-bond donors (Lipinski definition) is 2. The Kier molecular flexibility index (Phi) is 8.79. The van der Waals surface area contributed by atoms with E-state index < -0.39 is 35.1 Å². The lowest BCUT2D eigenvalue weighted by atomic mass is 9.87.